The lowest BCUT2D eigenvalue weighted by molar-refractivity contribution is -0.137. The average Bonchev–Trinajstić information content (AvgIpc) is 3.03. The Kier molecular flexibility index (Phi) is 6.98. The maximum absolute atomic E-state index is 13.3. The van der Waals surface area contributed by atoms with E-state index in [2.05, 4.69) is 12.2 Å². The van der Waals surface area contributed by atoms with Gasteiger partial charge in [0, 0.05) is 22.2 Å². The first kappa shape index (κ1) is 22.2. The first-order chi connectivity index (χ1) is 15.6. The van der Waals surface area contributed by atoms with Gasteiger partial charge in [-0.3, -0.25) is 14.5 Å². The van der Waals surface area contributed by atoms with Crippen LogP contribution in [0.25, 0.3) is 0 Å². The summed E-state index contributed by atoms with van der Waals surface area (Å²) in [6.07, 6.45) is 1.42. The van der Waals surface area contributed by atoms with Crippen molar-refractivity contribution >= 4 is 40.9 Å². The smallest absolute Gasteiger partial charge is 0.278 e. The van der Waals surface area contributed by atoms with Crippen LogP contribution in [0, 0.1) is 0 Å². The Hall–Kier alpha value is -3.02. The summed E-state index contributed by atoms with van der Waals surface area (Å²) in [7, 11) is 0. The molecule has 162 valence electrons. The van der Waals surface area contributed by atoms with Crippen LogP contribution in [0.5, 0.6) is 0 Å². The Balaban J connectivity index is 1.64. The zero-order valence-corrected chi connectivity index (χ0v) is 19.2. The molecular weight excluding hydrogens is 440 g/mol. The standard InChI is InChI=1S/C26H23ClN2O2S/c1-2-19-10-6-7-11-22(19)28-23-24(32-21-14-12-20(27)13-15-21)26(31)29(25(23)30)17-16-18-8-4-3-5-9-18/h3-15,28H,2,16-17H2,1H3. The monoisotopic (exact) mass is 462 g/mol. The summed E-state index contributed by atoms with van der Waals surface area (Å²) in [5, 5.41) is 3.89. The molecule has 0 aromatic heterocycles. The fraction of sp³-hybridized carbons (Fsp3) is 0.154. The number of halogens is 1. The molecule has 0 aliphatic carbocycles. The lowest BCUT2D eigenvalue weighted by Gasteiger charge is -2.16. The number of carbonyl (C=O) groups is 2. The van der Waals surface area contributed by atoms with E-state index in [0.29, 0.717) is 28.6 Å². The molecule has 4 nitrogen and oxygen atoms in total. The third-order valence-electron chi connectivity index (χ3n) is 5.28. The van der Waals surface area contributed by atoms with Crippen LogP contribution in [0.3, 0.4) is 0 Å². The largest absolute Gasteiger partial charge is 0.350 e. The molecule has 0 saturated carbocycles. The first-order valence-corrected chi connectivity index (χ1v) is 11.7. The maximum atomic E-state index is 13.3. The fourth-order valence-corrected chi connectivity index (χ4v) is 4.62. The second-order valence-electron chi connectivity index (χ2n) is 7.39. The van der Waals surface area contributed by atoms with Gasteiger partial charge in [0.2, 0.25) is 0 Å². The summed E-state index contributed by atoms with van der Waals surface area (Å²) in [5.74, 6) is -0.573. The molecule has 3 aromatic rings. The van der Waals surface area contributed by atoms with Crippen molar-refractivity contribution in [1.29, 1.82) is 0 Å². The van der Waals surface area contributed by atoms with E-state index in [-0.39, 0.29) is 11.8 Å². The normalized spacial score (nSPS) is 13.8. The van der Waals surface area contributed by atoms with Crippen molar-refractivity contribution in [1.82, 2.24) is 4.90 Å². The number of imide groups is 1. The highest BCUT2D eigenvalue weighted by molar-refractivity contribution is 8.04. The highest BCUT2D eigenvalue weighted by Gasteiger charge is 2.39. The van der Waals surface area contributed by atoms with Gasteiger partial charge in [-0.05, 0) is 54.3 Å². The number of para-hydroxylation sites is 1. The van der Waals surface area contributed by atoms with Gasteiger partial charge in [0.25, 0.3) is 11.8 Å². The van der Waals surface area contributed by atoms with Crippen LogP contribution in [-0.2, 0) is 22.4 Å². The van der Waals surface area contributed by atoms with Gasteiger partial charge in [-0.15, -0.1) is 0 Å². The lowest BCUT2D eigenvalue weighted by atomic mass is 10.1. The predicted octanol–water partition coefficient (Wildman–Crippen LogP) is 5.93. The molecule has 0 bridgehead atoms. The van der Waals surface area contributed by atoms with Gasteiger partial charge in [0.05, 0.1) is 0 Å². The summed E-state index contributed by atoms with van der Waals surface area (Å²) >= 11 is 7.29. The molecule has 0 saturated heterocycles. The zero-order valence-electron chi connectivity index (χ0n) is 17.7. The van der Waals surface area contributed by atoms with Crippen LogP contribution >= 0.6 is 23.4 Å². The van der Waals surface area contributed by atoms with Gasteiger partial charge in [-0.25, -0.2) is 0 Å². The van der Waals surface area contributed by atoms with Gasteiger partial charge >= 0.3 is 0 Å². The molecule has 1 aliphatic heterocycles. The van der Waals surface area contributed by atoms with Crippen LogP contribution in [0.15, 0.2) is 94.4 Å². The van der Waals surface area contributed by atoms with Gasteiger partial charge in [-0.2, -0.15) is 0 Å². The molecular formula is C26H23ClN2O2S. The maximum Gasteiger partial charge on any atom is 0.278 e. The van der Waals surface area contributed by atoms with Crippen molar-refractivity contribution in [3.8, 4) is 0 Å². The van der Waals surface area contributed by atoms with E-state index < -0.39 is 0 Å². The summed E-state index contributed by atoms with van der Waals surface area (Å²) in [6.45, 7) is 2.39. The van der Waals surface area contributed by atoms with E-state index in [1.54, 1.807) is 12.1 Å². The highest BCUT2D eigenvalue weighted by atomic mass is 35.5. The van der Waals surface area contributed by atoms with Crippen molar-refractivity contribution < 1.29 is 9.59 Å². The Bertz CT molecular complexity index is 1160. The molecule has 0 unspecified atom stereocenters. The van der Waals surface area contributed by atoms with Crippen LogP contribution in [-0.4, -0.2) is 23.3 Å². The number of nitrogens with zero attached hydrogens (tertiary/aromatic N) is 1. The molecule has 3 aromatic carbocycles. The molecule has 0 atom stereocenters. The molecule has 0 radical (unpaired) electrons. The molecule has 1 aliphatic rings. The quantitative estimate of drug-likeness (QED) is 0.421. The van der Waals surface area contributed by atoms with Gasteiger partial charge in [0.15, 0.2) is 0 Å². The van der Waals surface area contributed by atoms with Crippen LogP contribution in [0.4, 0.5) is 5.69 Å². The topological polar surface area (TPSA) is 49.4 Å². The number of anilines is 1. The number of carbonyl (C=O) groups excluding carboxylic acids is 2. The van der Waals surface area contributed by atoms with Crippen LogP contribution in [0.2, 0.25) is 5.02 Å². The second-order valence-corrected chi connectivity index (χ2v) is 8.91. The summed E-state index contributed by atoms with van der Waals surface area (Å²) in [5.41, 5.74) is 3.32. The van der Waals surface area contributed by atoms with E-state index in [1.165, 1.54) is 16.7 Å². The van der Waals surface area contributed by atoms with E-state index in [4.69, 9.17) is 11.6 Å². The van der Waals surface area contributed by atoms with Gasteiger partial charge in [0.1, 0.15) is 10.6 Å². The SMILES string of the molecule is CCc1ccccc1NC1=C(Sc2ccc(Cl)cc2)C(=O)N(CCc2ccccc2)C1=O. The predicted molar refractivity (Wildman–Crippen MR) is 131 cm³/mol. The minimum Gasteiger partial charge on any atom is -0.350 e. The number of amides is 2. The molecule has 2 amide bonds. The molecule has 1 N–H and O–H groups in total. The molecule has 0 spiro atoms. The Morgan fingerprint density at radius 1 is 0.875 bits per heavy atom. The molecule has 0 fully saturated rings. The average molecular weight is 463 g/mol. The summed E-state index contributed by atoms with van der Waals surface area (Å²) < 4.78 is 0. The van der Waals surface area contributed by atoms with Crippen molar-refractivity contribution in [2.45, 2.75) is 24.7 Å². The number of hydrogen-bond acceptors (Lipinski definition) is 4. The van der Waals surface area contributed by atoms with E-state index in [0.717, 1.165) is 28.1 Å². The van der Waals surface area contributed by atoms with Crippen molar-refractivity contribution in [2.75, 3.05) is 11.9 Å². The van der Waals surface area contributed by atoms with E-state index in [1.807, 2.05) is 66.7 Å². The number of nitrogens with one attached hydrogen (secondary N) is 1. The molecule has 32 heavy (non-hydrogen) atoms. The number of rotatable bonds is 8. The summed E-state index contributed by atoms with van der Waals surface area (Å²) in [6, 6.07) is 24.9. The van der Waals surface area contributed by atoms with Crippen molar-refractivity contribution in [2.24, 2.45) is 0 Å². The Morgan fingerprint density at radius 2 is 1.56 bits per heavy atom. The number of benzene rings is 3. The zero-order chi connectivity index (χ0) is 22.5. The third-order valence-corrected chi connectivity index (χ3v) is 6.63. The van der Waals surface area contributed by atoms with Crippen LogP contribution < -0.4 is 5.32 Å². The van der Waals surface area contributed by atoms with Crippen molar-refractivity contribution in [3.63, 3.8) is 0 Å². The van der Waals surface area contributed by atoms with Gasteiger partial charge in [-0.1, -0.05) is 78.8 Å². The number of aryl methyl sites for hydroxylation is 1. The van der Waals surface area contributed by atoms with Gasteiger partial charge < -0.3 is 5.32 Å². The van der Waals surface area contributed by atoms with E-state index in [9.17, 15) is 9.59 Å². The number of hydrogen-bond donors (Lipinski definition) is 1. The molecule has 1 heterocycles. The van der Waals surface area contributed by atoms with Crippen molar-refractivity contribution in [3.05, 3.63) is 106 Å². The molecule has 4 rings (SSSR count). The number of thioether (sulfide) groups is 1. The first-order valence-electron chi connectivity index (χ1n) is 10.5. The summed E-state index contributed by atoms with van der Waals surface area (Å²) in [4.78, 5) is 29.3. The molecule has 6 heteroatoms. The lowest BCUT2D eigenvalue weighted by Crippen LogP contribution is -2.34. The second kappa shape index (κ2) is 10.1. The Labute approximate surface area is 197 Å². The van der Waals surface area contributed by atoms with E-state index >= 15 is 0 Å². The minimum atomic E-state index is -0.298. The fourth-order valence-electron chi connectivity index (χ4n) is 3.55. The van der Waals surface area contributed by atoms with Crippen LogP contribution in [0.1, 0.15) is 18.1 Å². The minimum absolute atomic E-state index is 0.276. The third kappa shape index (κ3) is 4.90. The highest BCUT2D eigenvalue weighted by Crippen LogP contribution is 2.36. The Morgan fingerprint density at radius 3 is 2.28 bits per heavy atom.